The zero-order chi connectivity index (χ0) is 18.1. The molecule has 25 heavy (non-hydrogen) atoms. The van der Waals surface area contributed by atoms with E-state index in [1.807, 2.05) is 0 Å². The van der Waals surface area contributed by atoms with Gasteiger partial charge >= 0.3 is 0 Å². The predicted molar refractivity (Wildman–Crippen MR) is 110 cm³/mol. The second kappa shape index (κ2) is 7.36. The van der Waals surface area contributed by atoms with Crippen LogP contribution in [0.5, 0.6) is 0 Å². The predicted octanol–water partition coefficient (Wildman–Crippen LogP) is 6.43. The fourth-order valence-corrected chi connectivity index (χ4v) is 5.08. The summed E-state index contributed by atoms with van der Waals surface area (Å²) in [5.74, 6) is 0. The van der Waals surface area contributed by atoms with Crippen molar-refractivity contribution in [3.8, 4) is 11.1 Å². The lowest BCUT2D eigenvalue weighted by Crippen LogP contribution is -2.05. The molecule has 3 rings (SSSR count). The number of rotatable bonds is 6. The van der Waals surface area contributed by atoms with Crippen LogP contribution in [-0.4, -0.2) is 0 Å². The lowest BCUT2D eigenvalue weighted by molar-refractivity contribution is 0.971. The number of aryl methyl sites for hydroxylation is 2. The van der Waals surface area contributed by atoms with Crippen molar-refractivity contribution >= 4 is 0 Å². The molecule has 0 heteroatoms. The van der Waals surface area contributed by atoms with Crippen molar-refractivity contribution in [3.63, 3.8) is 0 Å². The Bertz CT molecular complexity index is 725. The molecule has 0 N–H and O–H groups in total. The van der Waals surface area contributed by atoms with E-state index >= 15 is 0 Å². The lowest BCUT2D eigenvalue weighted by Gasteiger charge is -2.21. The first-order valence-electron chi connectivity index (χ1n) is 10.4. The van der Waals surface area contributed by atoms with Crippen LogP contribution in [0.1, 0.15) is 86.1 Å². The van der Waals surface area contributed by atoms with Crippen LogP contribution in [0.4, 0.5) is 0 Å². The third kappa shape index (κ3) is 2.75. The number of fused-ring (bicyclic) bond motifs is 3. The normalized spacial score (nSPS) is 12.4. The van der Waals surface area contributed by atoms with Crippen LogP contribution in [0.3, 0.4) is 0 Å². The van der Waals surface area contributed by atoms with Crippen molar-refractivity contribution in [3.05, 3.63) is 56.6 Å². The van der Waals surface area contributed by atoms with Gasteiger partial charge in [-0.25, -0.2) is 0 Å². The molecule has 0 saturated heterocycles. The topological polar surface area (TPSA) is 0 Å². The average molecular weight is 334 g/mol. The van der Waals surface area contributed by atoms with Crippen LogP contribution in [0.15, 0.2) is 6.07 Å². The van der Waals surface area contributed by atoms with E-state index in [0.29, 0.717) is 0 Å². The maximum Gasteiger partial charge on any atom is -0.000686 e. The van der Waals surface area contributed by atoms with Gasteiger partial charge in [0.05, 0.1) is 0 Å². The molecule has 0 unspecified atom stereocenters. The van der Waals surface area contributed by atoms with Crippen LogP contribution in [0.2, 0.25) is 0 Å². The third-order valence-corrected chi connectivity index (χ3v) is 6.12. The molecule has 0 heterocycles. The van der Waals surface area contributed by atoms with E-state index in [9.17, 15) is 0 Å². The molecule has 1 radical (unpaired) electrons. The van der Waals surface area contributed by atoms with Gasteiger partial charge in [0.15, 0.2) is 0 Å². The van der Waals surface area contributed by atoms with Crippen molar-refractivity contribution in [1.82, 2.24) is 0 Å². The molecule has 0 saturated carbocycles. The minimum atomic E-state index is 1.08. The second-order valence-corrected chi connectivity index (χ2v) is 7.24. The van der Waals surface area contributed by atoms with E-state index in [1.54, 1.807) is 44.5 Å². The van der Waals surface area contributed by atoms with E-state index in [0.717, 1.165) is 44.9 Å². The monoisotopic (exact) mass is 333 g/mol. The molecular formula is C25H33. The average Bonchev–Trinajstić information content (AvgIpc) is 3.01. The number of hydrogen-bond acceptors (Lipinski definition) is 0. The minimum Gasteiger partial charge on any atom is -0.0613 e. The first kappa shape index (κ1) is 18.2. The van der Waals surface area contributed by atoms with Gasteiger partial charge in [-0.2, -0.15) is 0 Å². The summed E-state index contributed by atoms with van der Waals surface area (Å²) in [5.41, 5.74) is 15.6. The molecule has 0 aromatic heterocycles. The lowest BCUT2D eigenvalue weighted by atomic mass is 9.83. The van der Waals surface area contributed by atoms with Crippen molar-refractivity contribution in [2.24, 2.45) is 0 Å². The van der Waals surface area contributed by atoms with Gasteiger partial charge in [-0.3, -0.25) is 0 Å². The maximum absolute atomic E-state index is 3.84. The highest BCUT2D eigenvalue weighted by Crippen LogP contribution is 2.45. The highest BCUT2D eigenvalue weighted by molar-refractivity contribution is 5.84. The van der Waals surface area contributed by atoms with Gasteiger partial charge in [-0.1, -0.05) is 47.6 Å². The van der Waals surface area contributed by atoms with Crippen LogP contribution >= 0.6 is 0 Å². The molecule has 2 aromatic carbocycles. The van der Waals surface area contributed by atoms with Gasteiger partial charge in [0.1, 0.15) is 0 Å². The quantitative estimate of drug-likeness (QED) is 0.487. The highest BCUT2D eigenvalue weighted by atomic mass is 14.3. The molecule has 0 nitrogen and oxygen atoms in total. The summed E-state index contributed by atoms with van der Waals surface area (Å²) in [6.07, 6.45) is 7.87. The standard InChI is InChI=1S/C25H33/c1-7-16-13-18-15-19-14-17(8-2)21(10-4)23(12-6)25(19)24(18)22(11-5)20(16)9-3/h13H,7-12,15H2,1-6H3. The largest absolute Gasteiger partial charge is 0.0613 e. The second-order valence-electron chi connectivity index (χ2n) is 7.24. The van der Waals surface area contributed by atoms with Gasteiger partial charge < -0.3 is 0 Å². The summed E-state index contributed by atoms with van der Waals surface area (Å²) in [7, 11) is 0. The van der Waals surface area contributed by atoms with Gasteiger partial charge in [0.25, 0.3) is 0 Å². The van der Waals surface area contributed by atoms with E-state index in [4.69, 9.17) is 0 Å². The molecule has 0 aliphatic heterocycles. The molecule has 2 aromatic rings. The smallest absolute Gasteiger partial charge is 0.000686 e. The Hall–Kier alpha value is -1.56. The van der Waals surface area contributed by atoms with E-state index in [-0.39, 0.29) is 0 Å². The van der Waals surface area contributed by atoms with Crippen LogP contribution in [-0.2, 0) is 44.9 Å². The first-order valence-corrected chi connectivity index (χ1v) is 10.4. The zero-order valence-corrected chi connectivity index (χ0v) is 17.0. The Balaban J connectivity index is 2.38. The Morgan fingerprint density at radius 1 is 0.680 bits per heavy atom. The Morgan fingerprint density at radius 3 is 1.80 bits per heavy atom. The molecule has 0 bridgehead atoms. The Morgan fingerprint density at radius 2 is 1.28 bits per heavy atom. The van der Waals surface area contributed by atoms with Crippen molar-refractivity contribution in [1.29, 1.82) is 0 Å². The minimum absolute atomic E-state index is 1.08. The highest BCUT2D eigenvalue weighted by Gasteiger charge is 2.28. The fourth-order valence-electron chi connectivity index (χ4n) is 5.08. The summed E-state index contributed by atoms with van der Waals surface area (Å²) < 4.78 is 0. The molecule has 0 amide bonds. The Labute approximate surface area is 154 Å². The van der Waals surface area contributed by atoms with Crippen molar-refractivity contribution in [2.75, 3.05) is 0 Å². The van der Waals surface area contributed by atoms with Gasteiger partial charge in [0.2, 0.25) is 0 Å². The summed E-state index contributed by atoms with van der Waals surface area (Å²) in [5, 5.41) is 0. The van der Waals surface area contributed by atoms with Gasteiger partial charge in [0, 0.05) is 0 Å². The summed E-state index contributed by atoms with van der Waals surface area (Å²) in [4.78, 5) is 0. The fraction of sp³-hybridized carbons (Fsp3) is 0.520. The van der Waals surface area contributed by atoms with Gasteiger partial charge in [-0.05, 0) is 107 Å². The molecular weight excluding hydrogens is 300 g/mol. The number of hydrogen-bond donors (Lipinski definition) is 0. The molecule has 1 aliphatic carbocycles. The summed E-state index contributed by atoms with van der Waals surface area (Å²) in [6, 6.07) is 6.35. The molecule has 0 fully saturated rings. The SMILES string of the molecule is CCc1[c]c2c(c(CC)c1CC)-c1c(cc(CC)c(CC)c1CC)C2. The van der Waals surface area contributed by atoms with Crippen molar-refractivity contribution < 1.29 is 0 Å². The van der Waals surface area contributed by atoms with E-state index < -0.39 is 0 Å². The summed E-state index contributed by atoms with van der Waals surface area (Å²) >= 11 is 0. The number of benzene rings is 2. The van der Waals surface area contributed by atoms with Crippen LogP contribution in [0, 0.1) is 6.07 Å². The van der Waals surface area contributed by atoms with E-state index in [1.165, 1.54) is 11.1 Å². The van der Waals surface area contributed by atoms with E-state index in [2.05, 4.69) is 53.7 Å². The van der Waals surface area contributed by atoms with Crippen molar-refractivity contribution in [2.45, 2.75) is 86.5 Å². The van der Waals surface area contributed by atoms with Crippen LogP contribution < -0.4 is 0 Å². The third-order valence-electron chi connectivity index (χ3n) is 6.12. The van der Waals surface area contributed by atoms with Crippen LogP contribution in [0.25, 0.3) is 11.1 Å². The maximum atomic E-state index is 3.84. The first-order chi connectivity index (χ1) is 12.1. The Kier molecular flexibility index (Phi) is 5.37. The van der Waals surface area contributed by atoms with Gasteiger partial charge in [-0.15, -0.1) is 0 Å². The zero-order valence-electron chi connectivity index (χ0n) is 17.0. The molecule has 133 valence electrons. The molecule has 1 aliphatic rings. The molecule has 0 spiro atoms. The summed E-state index contributed by atoms with van der Waals surface area (Å²) in [6.45, 7) is 13.9. The molecule has 0 atom stereocenters.